The normalized spacial score (nSPS) is 17.2. The number of carbonyl (C=O) groups is 2. The van der Waals surface area contributed by atoms with Crippen LogP contribution in [0.2, 0.25) is 0 Å². The summed E-state index contributed by atoms with van der Waals surface area (Å²) in [5.41, 5.74) is 1.04. The summed E-state index contributed by atoms with van der Waals surface area (Å²) >= 11 is 0. The maximum absolute atomic E-state index is 13.2. The third-order valence-electron chi connectivity index (χ3n) is 4.99. The van der Waals surface area contributed by atoms with Crippen LogP contribution in [-0.4, -0.2) is 36.2 Å². The highest BCUT2D eigenvalue weighted by Gasteiger charge is 2.42. The van der Waals surface area contributed by atoms with Crippen LogP contribution < -0.4 is 5.32 Å². The maximum atomic E-state index is 13.2. The molecule has 26 heavy (non-hydrogen) atoms. The van der Waals surface area contributed by atoms with Gasteiger partial charge in [0.2, 0.25) is 5.91 Å². The van der Waals surface area contributed by atoms with Crippen molar-refractivity contribution in [2.75, 3.05) is 13.2 Å². The van der Waals surface area contributed by atoms with E-state index >= 15 is 0 Å². The predicted molar refractivity (Wildman–Crippen MR) is 97.9 cm³/mol. The van der Waals surface area contributed by atoms with Crippen LogP contribution in [0.3, 0.4) is 0 Å². The van der Waals surface area contributed by atoms with Crippen LogP contribution in [0.15, 0.2) is 60.7 Å². The van der Waals surface area contributed by atoms with Gasteiger partial charge in [-0.3, -0.25) is 4.79 Å². The molecule has 0 aliphatic carbocycles. The monoisotopic (exact) mass is 353 g/mol. The Morgan fingerprint density at radius 1 is 1.00 bits per heavy atom. The van der Waals surface area contributed by atoms with Gasteiger partial charge in [-0.25, -0.2) is 4.79 Å². The summed E-state index contributed by atoms with van der Waals surface area (Å²) < 4.78 is 5.45. The van der Waals surface area contributed by atoms with Gasteiger partial charge in [-0.2, -0.15) is 0 Å². The van der Waals surface area contributed by atoms with Gasteiger partial charge in [0.15, 0.2) is 0 Å². The average Bonchev–Trinajstić information content (AvgIpc) is 2.69. The number of ether oxygens (including phenoxy) is 1. The van der Waals surface area contributed by atoms with Crippen molar-refractivity contribution in [3.8, 4) is 0 Å². The molecule has 1 aliphatic heterocycles. The molecule has 2 N–H and O–H groups in total. The summed E-state index contributed by atoms with van der Waals surface area (Å²) in [5, 5.41) is 12.4. The molecule has 0 saturated carbocycles. The van der Waals surface area contributed by atoms with Crippen molar-refractivity contribution in [1.29, 1.82) is 0 Å². The fourth-order valence-corrected chi connectivity index (χ4v) is 3.47. The lowest BCUT2D eigenvalue weighted by molar-refractivity contribution is -0.143. The summed E-state index contributed by atoms with van der Waals surface area (Å²) in [6, 6.07) is 17.9. The molecule has 1 saturated heterocycles. The molecule has 1 aliphatic rings. The fraction of sp³-hybridized carbons (Fsp3) is 0.333. The Bertz CT molecular complexity index is 739. The van der Waals surface area contributed by atoms with Crippen LogP contribution in [0.4, 0.5) is 0 Å². The quantitative estimate of drug-likeness (QED) is 0.837. The molecule has 0 bridgehead atoms. The number of aliphatic carboxylic acids is 1. The van der Waals surface area contributed by atoms with Gasteiger partial charge in [0.05, 0.1) is 5.41 Å². The molecule has 1 fully saturated rings. The van der Waals surface area contributed by atoms with Gasteiger partial charge in [0.1, 0.15) is 6.04 Å². The van der Waals surface area contributed by atoms with E-state index in [1.165, 1.54) is 0 Å². The minimum Gasteiger partial charge on any atom is -0.480 e. The van der Waals surface area contributed by atoms with Crippen LogP contribution in [0.5, 0.6) is 0 Å². The third kappa shape index (κ3) is 3.94. The van der Waals surface area contributed by atoms with Crippen molar-refractivity contribution in [1.82, 2.24) is 5.32 Å². The number of amides is 1. The number of carboxylic acid groups (broad SMARTS) is 1. The Hall–Kier alpha value is -2.66. The summed E-state index contributed by atoms with van der Waals surface area (Å²) in [4.78, 5) is 24.9. The zero-order valence-electron chi connectivity index (χ0n) is 14.6. The van der Waals surface area contributed by atoms with E-state index in [0.717, 1.165) is 11.1 Å². The number of benzene rings is 2. The lowest BCUT2D eigenvalue weighted by atomic mass is 9.73. The largest absolute Gasteiger partial charge is 0.480 e. The van der Waals surface area contributed by atoms with Crippen molar-refractivity contribution in [3.05, 3.63) is 71.8 Å². The Morgan fingerprint density at radius 3 is 2.15 bits per heavy atom. The molecule has 1 unspecified atom stereocenters. The summed E-state index contributed by atoms with van der Waals surface area (Å²) in [6.45, 7) is 0.970. The number of hydrogen-bond acceptors (Lipinski definition) is 3. The van der Waals surface area contributed by atoms with Gasteiger partial charge in [-0.1, -0.05) is 60.7 Å². The number of nitrogens with one attached hydrogen (secondary N) is 1. The van der Waals surface area contributed by atoms with Crippen LogP contribution in [0.1, 0.15) is 24.0 Å². The molecule has 0 radical (unpaired) electrons. The van der Waals surface area contributed by atoms with Crippen molar-refractivity contribution < 1.29 is 19.4 Å². The van der Waals surface area contributed by atoms with E-state index < -0.39 is 17.4 Å². The minimum absolute atomic E-state index is 0.240. The average molecular weight is 353 g/mol. The smallest absolute Gasteiger partial charge is 0.326 e. The SMILES string of the molecule is O=C(O)C(Cc1ccccc1)NC(=O)C1(c2ccccc2)CCOCC1. The number of carboxylic acids is 1. The van der Waals surface area contributed by atoms with Gasteiger partial charge >= 0.3 is 5.97 Å². The van der Waals surface area contributed by atoms with Gasteiger partial charge in [-0.15, -0.1) is 0 Å². The zero-order valence-corrected chi connectivity index (χ0v) is 14.6. The van der Waals surface area contributed by atoms with Crippen LogP contribution in [-0.2, 0) is 26.2 Å². The van der Waals surface area contributed by atoms with E-state index in [2.05, 4.69) is 5.32 Å². The Kier molecular flexibility index (Phi) is 5.68. The zero-order chi connectivity index (χ0) is 18.4. The van der Waals surface area contributed by atoms with Gasteiger partial charge in [-0.05, 0) is 24.0 Å². The molecular formula is C21H23NO4. The van der Waals surface area contributed by atoms with Crippen molar-refractivity contribution in [2.24, 2.45) is 0 Å². The molecule has 5 heteroatoms. The highest BCUT2D eigenvalue weighted by molar-refractivity contribution is 5.91. The second kappa shape index (κ2) is 8.15. The molecule has 136 valence electrons. The maximum Gasteiger partial charge on any atom is 0.326 e. The van der Waals surface area contributed by atoms with E-state index in [1.807, 2.05) is 60.7 Å². The van der Waals surface area contributed by atoms with Crippen LogP contribution >= 0.6 is 0 Å². The first-order chi connectivity index (χ1) is 12.6. The first kappa shape index (κ1) is 18.1. The summed E-state index contributed by atoms with van der Waals surface area (Å²) in [6.07, 6.45) is 1.34. The topological polar surface area (TPSA) is 75.6 Å². The van der Waals surface area contributed by atoms with Gasteiger partial charge in [0.25, 0.3) is 0 Å². The molecule has 5 nitrogen and oxygen atoms in total. The minimum atomic E-state index is -1.03. The first-order valence-corrected chi connectivity index (χ1v) is 8.83. The Labute approximate surface area is 153 Å². The fourth-order valence-electron chi connectivity index (χ4n) is 3.47. The number of carbonyl (C=O) groups excluding carboxylic acids is 1. The molecule has 0 spiro atoms. The molecule has 1 heterocycles. The molecule has 1 atom stereocenters. The predicted octanol–water partition coefficient (Wildman–Crippen LogP) is 2.55. The van der Waals surface area contributed by atoms with Gasteiger partial charge < -0.3 is 15.2 Å². The van der Waals surface area contributed by atoms with E-state index in [0.29, 0.717) is 26.1 Å². The van der Waals surface area contributed by atoms with E-state index in [1.54, 1.807) is 0 Å². The lowest BCUT2D eigenvalue weighted by Gasteiger charge is -2.37. The number of hydrogen-bond donors (Lipinski definition) is 2. The molecule has 1 amide bonds. The second-order valence-corrected chi connectivity index (χ2v) is 6.61. The molecule has 0 aromatic heterocycles. The van der Waals surface area contributed by atoms with E-state index in [4.69, 9.17) is 4.74 Å². The molecule has 2 aromatic rings. The van der Waals surface area contributed by atoms with E-state index in [9.17, 15) is 14.7 Å². The Morgan fingerprint density at radius 2 is 1.58 bits per heavy atom. The van der Waals surface area contributed by atoms with E-state index in [-0.39, 0.29) is 12.3 Å². The third-order valence-corrected chi connectivity index (χ3v) is 4.99. The Balaban J connectivity index is 1.83. The first-order valence-electron chi connectivity index (χ1n) is 8.83. The molecule has 3 rings (SSSR count). The van der Waals surface area contributed by atoms with Crippen LogP contribution in [0, 0.1) is 0 Å². The van der Waals surface area contributed by atoms with Gasteiger partial charge in [0, 0.05) is 19.6 Å². The second-order valence-electron chi connectivity index (χ2n) is 6.61. The standard InChI is InChI=1S/C21H23NO4/c23-19(24)18(15-16-7-3-1-4-8-16)22-20(25)21(11-13-26-14-12-21)17-9-5-2-6-10-17/h1-10,18H,11-15H2,(H,22,25)(H,23,24). The highest BCUT2D eigenvalue weighted by Crippen LogP contribution is 2.35. The molecular weight excluding hydrogens is 330 g/mol. The van der Waals surface area contributed by atoms with Crippen LogP contribution in [0.25, 0.3) is 0 Å². The lowest BCUT2D eigenvalue weighted by Crippen LogP contribution is -2.53. The van der Waals surface area contributed by atoms with Crippen molar-refractivity contribution in [3.63, 3.8) is 0 Å². The summed E-state index contributed by atoms with van der Waals surface area (Å²) in [7, 11) is 0. The molecule has 2 aromatic carbocycles. The van der Waals surface area contributed by atoms with Crippen molar-refractivity contribution in [2.45, 2.75) is 30.7 Å². The van der Waals surface area contributed by atoms with Crippen molar-refractivity contribution >= 4 is 11.9 Å². The highest BCUT2D eigenvalue weighted by atomic mass is 16.5. The summed E-state index contributed by atoms with van der Waals surface area (Å²) in [5.74, 6) is -1.27. The number of rotatable bonds is 6.